The van der Waals surface area contributed by atoms with Gasteiger partial charge in [0, 0.05) is 13.2 Å². The zero-order chi connectivity index (χ0) is 9.78. The Kier molecular flexibility index (Phi) is 11.8. The fourth-order valence-corrected chi connectivity index (χ4v) is 0.831. The monoisotopic (exact) mass is 190 g/mol. The van der Waals surface area contributed by atoms with Crippen LogP contribution in [0.4, 0.5) is 0 Å². The van der Waals surface area contributed by atoms with Crippen LogP contribution >= 0.6 is 0 Å². The lowest BCUT2D eigenvalue weighted by Crippen LogP contribution is -2.09. The third-order valence-electron chi connectivity index (χ3n) is 1.44. The summed E-state index contributed by atoms with van der Waals surface area (Å²) < 4.78 is 15.8. The van der Waals surface area contributed by atoms with Gasteiger partial charge in [-0.2, -0.15) is 0 Å². The van der Waals surface area contributed by atoms with Gasteiger partial charge in [-0.3, -0.25) is 0 Å². The third kappa shape index (κ3) is 11.9. The molecule has 0 amide bonds. The molecule has 0 saturated heterocycles. The summed E-state index contributed by atoms with van der Waals surface area (Å²) in [6.45, 7) is 8.60. The van der Waals surface area contributed by atoms with E-state index in [0.29, 0.717) is 26.4 Å². The van der Waals surface area contributed by atoms with Gasteiger partial charge in [-0.15, -0.1) is 0 Å². The van der Waals surface area contributed by atoms with Crippen LogP contribution in [-0.2, 0) is 14.2 Å². The van der Waals surface area contributed by atoms with Crippen molar-refractivity contribution >= 4 is 0 Å². The summed E-state index contributed by atoms with van der Waals surface area (Å²) in [7, 11) is 0. The average Bonchev–Trinajstić information content (AvgIpc) is 2.16. The van der Waals surface area contributed by atoms with Gasteiger partial charge in [0.1, 0.15) is 0 Å². The maximum absolute atomic E-state index is 5.28. The minimum Gasteiger partial charge on any atom is -0.379 e. The molecule has 0 aromatic rings. The molecule has 0 rings (SSSR count). The molecule has 0 spiro atoms. The molecular formula is C10H22O3. The highest BCUT2D eigenvalue weighted by atomic mass is 16.5. The van der Waals surface area contributed by atoms with Crippen molar-refractivity contribution in [1.82, 2.24) is 0 Å². The maximum atomic E-state index is 5.28. The van der Waals surface area contributed by atoms with E-state index in [2.05, 4.69) is 13.8 Å². The highest BCUT2D eigenvalue weighted by Gasteiger charge is 1.89. The summed E-state index contributed by atoms with van der Waals surface area (Å²) in [5, 5.41) is 0. The lowest BCUT2D eigenvalue weighted by atomic mass is 10.5. The summed E-state index contributed by atoms with van der Waals surface area (Å²) in [5.74, 6) is 0. The van der Waals surface area contributed by atoms with Crippen LogP contribution in [0.15, 0.2) is 0 Å². The Morgan fingerprint density at radius 1 is 0.538 bits per heavy atom. The van der Waals surface area contributed by atoms with Gasteiger partial charge in [-0.25, -0.2) is 0 Å². The fourth-order valence-electron chi connectivity index (χ4n) is 0.831. The summed E-state index contributed by atoms with van der Waals surface area (Å²) in [6, 6.07) is 0. The van der Waals surface area contributed by atoms with E-state index in [1.54, 1.807) is 0 Å². The van der Waals surface area contributed by atoms with E-state index in [1.807, 2.05) is 0 Å². The lowest BCUT2D eigenvalue weighted by Gasteiger charge is -2.05. The zero-order valence-electron chi connectivity index (χ0n) is 8.88. The SMILES string of the molecule is CCCOCCOCCOCCC. The number of hydrogen-bond acceptors (Lipinski definition) is 3. The van der Waals surface area contributed by atoms with Crippen molar-refractivity contribution < 1.29 is 14.2 Å². The van der Waals surface area contributed by atoms with Crippen molar-refractivity contribution in [1.29, 1.82) is 0 Å². The van der Waals surface area contributed by atoms with Crippen LogP contribution in [0.25, 0.3) is 0 Å². The third-order valence-corrected chi connectivity index (χ3v) is 1.44. The Morgan fingerprint density at radius 3 is 1.15 bits per heavy atom. The predicted molar refractivity (Wildman–Crippen MR) is 53.0 cm³/mol. The van der Waals surface area contributed by atoms with E-state index in [4.69, 9.17) is 14.2 Å². The minimum atomic E-state index is 0.676. The van der Waals surface area contributed by atoms with E-state index in [9.17, 15) is 0 Å². The normalized spacial score (nSPS) is 10.6. The van der Waals surface area contributed by atoms with E-state index in [0.717, 1.165) is 26.1 Å². The van der Waals surface area contributed by atoms with E-state index < -0.39 is 0 Å². The second-order valence-electron chi connectivity index (χ2n) is 2.84. The molecular weight excluding hydrogens is 168 g/mol. The topological polar surface area (TPSA) is 27.7 Å². The zero-order valence-corrected chi connectivity index (χ0v) is 8.88. The number of hydrogen-bond donors (Lipinski definition) is 0. The van der Waals surface area contributed by atoms with E-state index >= 15 is 0 Å². The van der Waals surface area contributed by atoms with Gasteiger partial charge in [-0.05, 0) is 12.8 Å². The quantitative estimate of drug-likeness (QED) is 0.492. The van der Waals surface area contributed by atoms with Crippen LogP contribution in [0.5, 0.6) is 0 Å². The second kappa shape index (κ2) is 11.9. The van der Waals surface area contributed by atoms with Gasteiger partial charge < -0.3 is 14.2 Å². The fraction of sp³-hybridized carbons (Fsp3) is 1.00. The Bertz CT molecular complexity index is 76.2. The first-order chi connectivity index (χ1) is 6.41. The Labute approximate surface area is 81.4 Å². The minimum absolute atomic E-state index is 0.676. The Hall–Kier alpha value is -0.120. The predicted octanol–water partition coefficient (Wildman–Crippen LogP) is 1.86. The molecule has 0 aliphatic rings. The summed E-state index contributed by atoms with van der Waals surface area (Å²) in [6.07, 6.45) is 2.14. The standard InChI is InChI=1S/C10H22O3/c1-3-5-11-7-9-13-10-8-12-6-4-2/h3-10H2,1-2H3. The molecule has 80 valence electrons. The smallest absolute Gasteiger partial charge is 0.0701 e. The molecule has 0 bridgehead atoms. The molecule has 3 nitrogen and oxygen atoms in total. The second-order valence-corrected chi connectivity index (χ2v) is 2.84. The van der Waals surface area contributed by atoms with Crippen LogP contribution in [0.1, 0.15) is 26.7 Å². The molecule has 0 unspecified atom stereocenters. The summed E-state index contributed by atoms with van der Waals surface area (Å²) >= 11 is 0. The van der Waals surface area contributed by atoms with Crippen LogP contribution in [0, 0.1) is 0 Å². The molecule has 13 heavy (non-hydrogen) atoms. The van der Waals surface area contributed by atoms with Crippen LogP contribution in [-0.4, -0.2) is 39.6 Å². The molecule has 0 saturated carbocycles. The molecule has 0 aliphatic heterocycles. The first-order valence-corrected chi connectivity index (χ1v) is 5.15. The molecule has 0 fully saturated rings. The summed E-state index contributed by atoms with van der Waals surface area (Å²) in [4.78, 5) is 0. The molecule has 0 atom stereocenters. The summed E-state index contributed by atoms with van der Waals surface area (Å²) in [5.41, 5.74) is 0. The molecule has 0 heterocycles. The van der Waals surface area contributed by atoms with Gasteiger partial charge >= 0.3 is 0 Å². The number of rotatable bonds is 10. The van der Waals surface area contributed by atoms with Gasteiger partial charge in [0.05, 0.1) is 26.4 Å². The van der Waals surface area contributed by atoms with Gasteiger partial charge in [0.25, 0.3) is 0 Å². The van der Waals surface area contributed by atoms with Crippen molar-refractivity contribution in [2.75, 3.05) is 39.6 Å². The van der Waals surface area contributed by atoms with Crippen molar-refractivity contribution in [2.24, 2.45) is 0 Å². The van der Waals surface area contributed by atoms with Crippen LogP contribution in [0.2, 0.25) is 0 Å². The van der Waals surface area contributed by atoms with Gasteiger partial charge in [-0.1, -0.05) is 13.8 Å². The van der Waals surface area contributed by atoms with Crippen molar-refractivity contribution in [3.05, 3.63) is 0 Å². The molecule has 0 aliphatic carbocycles. The van der Waals surface area contributed by atoms with Crippen molar-refractivity contribution in [3.63, 3.8) is 0 Å². The van der Waals surface area contributed by atoms with Crippen molar-refractivity contribution in [3.8, 4) is 0 Å². The maximum Gasteiger partial charge on any atom is 0.0701 e. The molecule has 3 heteroatoms. The Balaban J connectivity index is 2.76. The van der Waals surface area contributed by atoms with Gasteiger partial charge in [0.2, 0.25) is 0 Å². The Morgan fingerprint density at radius 2 is 0.846 bits per heavy atom. The molecule has 0 N–H and O–H groups in total. The largest absolute Gasteiger partial charge is 0.379 e. The highest BCUT2D eigenvalue weighted by molar-refractivity contribution is 4.33. The van der Waals surface area contributed by atoms with E-state index in [1.165, 1.54) is 0 Å². The molecule has 0 aromatic heterocycles. The van der Waals surface area contributed by atoms with Crippen molar-refractivity contribution in [2.45, 2.75) is 26.7 Å². The lowest BCUT2D eigenvalue weighted by molar-refractivity contribution is 0.0148. The van der Waals surface area contributed by atoms with Crippen LogP contribution in [0.3, 0.4) is 0 Å². The number of ether oxygens (including phenoxy) is 3. The first kappa shape index (κ1) is 12.9. The van der Waals surface area contributed by atoms with Crippen LogP contribution < -0.4 is 0 Å². The first-order valence-electron chi connectivity index (χ1n) is 5.15. The van der Waals surface area contributed by atoms with E-state index in [-0.39, 0.29) is 0 Å². The van der Waals surface area contributed by atoms with Gasteiger partial charge in [0.15, 0.2) is 0 Å². The average molecular weight is 190 g/mol. The molecule has 0 aromatic carbocycles. The highest BCUT2D eigenvalue weighted by Crippen LogP contribution is 1.84. The molecule has 0 radical (unpaired) electrons.